The van der Waals surface area contributed by atoms with Gasteiger partial charge in [0, 0.05) is 20.2 Å². The molecule has 0 heterocycles. The van der Waals surface area contributed by atoms with Crippen molar-refractivity contribution in [2.45, 2.75) is 13.5 Å². The van der Waals surface area contributed by atoms with Crippen LogP contribution in [0.15, 0.2) is 24.3 Å². The molecule has 2 N–H and O–H groups in total. The Bertz CT molecular complexity index is 457. The third kappa shape index (κ3) is 3.97. The van der Waals surface area contributed by atoms with E-state index in [9.17, 15) is 8.42 Å². The number of hydrogen-bond acceptors (Lipinski definition) is 4. The molecule has 0 saturated carbocycles. The summed E-state index contributed by atoms with van der Waals surface area (Å²) in [6.07, 6.45) is 0. The monoisotopic (exact) mass is 272 g/mol. The van der Waals surface area contributed by atoms with E-state index in [1.807, 2.05) is 19.1 Å². The fourth-order valence-corrected chi connectivity index (χ4v) is 2.49. The van der Waals surface area contributed by atoms with E-state index in [0.29, 0.717) is 18.8 Å². The van der Waals surface area contributed by atoms with Crippen molar-refractivity contribution in [3.8, 4) is 0 Å². The first-order chi connectivity index (χ1) is 8.51. The lowest BCUT2D eigenvalue weighted by Crippen LogP contribution is -2.30. The maximum atomic E-state index is 12.0. The van der Waals surface area contributed by atoms with E-state index in [0.717, 1.165) is 5.56 Å². The lowest BCUT2D eigenvalue weighted by molar-refractivity contribution is 0.163. The minimum Gasteiger partial charge on any atom is -0.381 e. The van der Waals surface area contributed by atoms with Gasteiger partial charge in [-0.1, -0.05) is 12.1 Å². The number of hydrogen-bond donors (Lipinski definition) is 1. The van der Waals surface area contributed by atoms with Crippen molar-refractivity contribution in [2.24, 2.45) is 5.73 Å². The Balaban J connectivity index is 2.75. The zero-order valence-corrected chi connectivity index (χ0v) is 11.6. The molecule has 0 unspecified atom stereocenters. The summed E-state index contributed by atoms with van der Waals surface area (Å²) in [5.41, 5.74) is 7.09. The summed E-state index contributed by atoms with van der Waals surface area (Å²) in [7, 11) is -1.79. The minimum absolute atomic E-state index is 0.0179. The number of nitrogens with zero attached hydrogens (tertiary/aromatic N) is 1. The summed E-state index contributed by atoms with van der Waals surface area (Å²) >= 11 is 0. The van der Waals surface area contributed by atoms with Crippen LogP contribution < -0.4 is 10.0 Å². The van der Waals surface area contributed by atoms with Crippen molar-refractivity contribution in [1.82, 2.24) is 0 Å². The average Bonchev–Trinajstić information content (AvgIpc) is 2.38. The average molecular weight is 272 g/mol. The zero-order chi connectivity index (χ0) is 13.6. The van der Waals surface area contributed by atoms with Crippen molar-refractivity contribution >= 4 is 15.7 Å². The molecular weight excluding hydrogens is 252 g/mol. The Morgan fingerprint density at radius 2 is 1.89 bits per heavy atom. The molecule has 0 fully saturated rings. The molecule has 0 bridgehead atoms. The molecule has 0 saturated heterocycles. The highest BCUT2D eigenvalue weighted by molar-refractivity contribution is 7.92. The van der Waals surface area contributed by atoms with E-state index in [2.05, 4.69) is 0 Å². The van der Waals surface area contributed by atoms with E-state index in [4.69, 9.17) is 10.5 Å². The van der Waals surface area contributed by atoms with Crippen LogP contribution in [-0.4, -0.2) is 34.4 Å². The molecule has 0 aliphatic carbocycles. The van der Waals surface area contributed by atoms with Crippen LogP contribution in [0.4, 0.5) is 5.69 Å². The smallest absolute Gasteiger partial charge is 0.237 e. The van der Waals surface area contributed by atoms with Crippen LogP contribution in [0.5, 0.6) is 0 Å². The van der Waals surface area contributed by atoms with Crippen LogP contribution in [0.3, 0.4) is 0 Å². The Kier molecular flexibility index (Phi) is 5.58. The van der Waals surface area contributed by atoms with Gasteiger partial charge in [-0.15, -0.1) is 0 Å². The Morgan fingerprint density at radius 3 is 2.39 bits per heavy atom. The minimum atomic E-state index is -3.33. The molecule has 0 radical (unpaired) electrons. The highest BCUT2D eigenvalue weighted by atomic mass is 32.2. The van der Waals surface area contributed by atoms with Crippen LogP contribution in [0.25, 0.3) is 0 Å². The van der Waals surface area contributed by atoms with E-state index >= 15 is 0 Å². The maximum Gasteiger partial charge on any atom is 0.237 e. The molecule has 6 heteroatoms. The first-order valence-electron chi connectivity index (χ1n) is 5.84. The molecule has 0 aliphatic heterocycles. The summed E-state index contributed by atoms with van der Waals surface area (Å²) in [6, 6.07) is 7.15. The van der Waals surface area contributed by atoms with Gasteiger partial charge in [0.05, 0.1) is 18.0 Å². The number of sulfonamides is 1. The van der Waals surface area contributed by atoms with E-state index in [-0.39, 0.29) is 12.4 Å². The Hall–Kier alpha value is -1.11. The summed E-state index contributed by atoms with van der Waals surface area (Å²) in [4.78, 5) is 0. The van der Waals surface area contributed by atoms with Gasteiger partial charge in [0.2, 0.25) is 10.0 Å². The molecule has 0 aliphatic rings. The predicted molar refractivity (Wildman–Crippen MR) is 73.0 cm³/mol. The zero-order valence-electron chi connectivity index (χ0n) is 10.8. The molecule has 0 aromatic heterocycles. The molecule has 0 amide bonds. The Morgan fingerprint density at radius 1 is 1.28 bits per heavy atom. The summed E-state index contributed by atoms with van der Waals surface area (Å²) in [6.45, 7) is 3.01. The molecule has 1 rings (SSSR count). The lowest BCUT2D eigenvalue weighted by Gasteiger charge is -2.19. The third-order valence-corrected chi connectivity index (χ3v) is 4.37. The fourth-order valence-electron chi connectivity index (χ4n) is 1.45. The molecule has 18 heavy (non-hydrogen) atoms. The van der Waals surface area contributed by atoms with E-state index in [1.54, 1.807) is 19.2 Å². The first-order valence-corrected chi connectivity index (χ1v) is 7.45. The summed E-state index contributed by atoms with van der Waals surface area (Å²) in [5.74, 6) is -0.0179. The number of ether oxygens (including phenoxy) is 1. The van der Waals surface area contributed by atoms with Gasteiger partial charge in [0.1, 0.15) is 0 Å². The SMILES string of the molecule is CCOCCS(=O)(=O)N(C)c1ccc(CN)cc1. The van der Waals surface area contributed by atoms with Crippen LogP contribution in [0.1, 0.15) is 12.5 Å². The largest absolute Gasteiger partial charge is 0.381 e. The van der Waals surface area contributed by atoms with Crippen molar-refractivity contribution < 1.29 is 13.2 Å². The van der Waals surface area contributed by atoms with E-state index < -0.39 is 10.0 Å². The Labute approximate surface area is 109 Å². The molecule has 5 nitrogen and oxygen atoms in total. The molecule has 1 aromatic rings. The highest BCUT2D eigenvalue weighted by Crippen LogP contribution is 2.17. The maximum absolute atomic E-state index is 12.0. The normalized spacial score (nSPS) is 11.5. The lowest BCUT2D eigenvalue weighted by atomic mass is 10.2. The number of anilines is 1. The van der Waals surface area contributed by atoms with Gasteiger partial charge in [-0.05, 0) is 24.6 Å². The second kappa shape index (κ2) is 6.72. The van der Waals surface area contributed by atoms with Gasteiger partial charge in [-0.2, -0.15) is 0 Å². The van der Waals surface area contributed by atoms with Crippen molar-refractivity contribution in [1.29, 1.82) is 0 Å². The van der Waals surface area contributed by atoms with E-state index in [1.165, 1.54) is 4.31 Å². The van der Waals surface area contributed by atoms with Gasteiger partial charge in [0.25, 0.3) is 0 Å². The number of benzene rings is 1. The summed E-state index contributed by atoms with van der Waals surface area (Å²) < 4.78 is 30.3. The fraction of sp³-hybridized carbons (Fsp3) is 0.500. The summed E-state index contributed by atoms with van der Waals surface area (Å²) in [5, 5.41) is 0. The molecule has 102 valence electrons. The van der Waals surface area contributed by atoms with Gasteiger partial charge in [-0.3, -0.25) is 4.31 Å². The predicted octanol–water partition coefficient (Wildman–Crippen LogP) is 0.948. The van der Waals surface area contributed by atoms with Crippen molar-refractivity contribution in [3.05, 3.63) is 29.8 Å². The van der Waals surface area contributed by atoms with Crippen molar-refractivity contribution in [2.75, 3.05) is 30.3 Å². The number of rotatable bonds is 7. The topological polar surface area (TPSA) is 72.6 Å². The number of nitrogens with two attached hydrogens (primary N) is 1. The van der Waals surface area contributed by atoms with Crippen LogP contribution in [0.2, 0.25) is 0 Å². The second-order valence-electron chi connectivity index (χ2n) is 3.85. The van der Waals surface area contributed by atoms with Gasteiger partial charge >= 0.3 is 0 Å². The molecule has 0 spiro atoms. The molecular formula is C12H20N2O3S. The first kappa shape index (κ1) is 14.9. The standard InChI is InChI=1S/C12H20N2O3S/c1-3-17-8-9-18(15,16)14(2)12-6-4-11(10-13)5-7-12/h4-7H,3,8-10,13H2,1-2H3. The van der Waals surface area contributed by atoms with Gasteiger partial charge < -0.3 is 10.5 Å². The molecule has 1 aromatic carbocycles. The van der Waals surface area contributed by atoms with Crippen LogP contribution in [0, 0.1) is 0 Å². The van der Waals surface area contributed by atoms with Crippen molar-refractivity contribution in [3.63, 3.8) is 0 Å². The highest BCUT2D eigenvalue weighted by Gasteiger charge is 2.17. The van der Waals surface area contributed by atoms with Gasteiger partial charge in [-0.25, -0.2) is 8.42 Å². The third-order valence-electron chi connectivity index (χ3n) is 2.64. The van der Waals surface area contributed by atoms with Crippen LogP contribution in [-0.2, 0) is 21.3 Å². The quantitative estimate of drug-likeness (QED) is 0.750. The second-order valence-corrected chi connectivity index (χ2v) is 5.97. The molecule has 0 atom stereocenters. The van der Waals surface area contributed by atoms with Crippen LogP contribution >= 0.6 is 0 Å². The van der Waals surface area contributed by atoms with Gasteiger partial charge in [0.15, 0.2) is 0 Å².